The number of carbonyl (C=O) groups is 1. The summed E-state index contributed by atoms with van der Waals surface area (Å²) >= 11 is 0. The Labute approximate surface area is 119 Å². The van der Waals surface area contributed by atoms with Crippen molar-refractivity contribution in [2.24, 2.45) is 0 Å². The quantitative estimate of drug-likeness (QED) is 0.784. The number of nitrogens with one attached hydrogen (secondary N) is 1. The molecule has 0 atom stereocenters. The number of unbranched alkanes of at least 4 members (excludes halogenated alkanes) is 3. The van der Waals surface area contributed by atoms with E-state index in [2.05, 4.69) is 12.2 Å². The van der Waals surface area contributed by atoms with Crippen LogP contribution in [0.25, 0.3) is 10.8 Å². The van der Waals surface area contributed by atoms with Crippen molar-refractivity contribution in [2.45, 2.75) is 32.6 Å². The molecule has 20 heavy (non-hydrogen) atoms. The predicted octanol–water partition coefficient (Wildman–Crippen LogP) is 3.86. The van der Waals surface area contributed by atoms with E-state index in [1.54, 1.807) is 6.07 Å². The van der Waals surface area contributed by atoms with Crippen LogP contribution >= 0.6 is 0 Å². The molecule has 2 aromatic rings. The molecule has 0 unspecified atom stereocenters. The van der Waals surface area contributed by atoms with Crippen LogP contribution in [0.4, 0.5) is 0 Å². The van der Waals surface area contributed by atoms with Gasteiger partial charge in [0.15, 0.2) is 0 Å². The van der Waals surface area contributed by atoms with Crippen LogP contribution in [0.3, 0.4) is 0 Å². The van der Waals surface area contributed by atoms with Gasteiger partial charge in [0, 0.05) is 6.54 Å². The number of aromatic hydroxyl groups is 1. The largest absolute Gasteiger partial charge is 0.508 e. The lowest BCUT2D eigenvalue weighted by molar-refractivity contribution is 0.0954. The highest BCUT2D eigenvalue weighted by molar-refractivity contribution is 6.07. The molecule has 0 bridgehead atoms. The second-order valence-electron chi connectivity index (χ2n) is 5.03. The van der Waals surface area contributed by atoms with Crippen molar-refractivity contribution < 1.29 is 9.90 Å². The minimum atomic E-state index is -0.117. The number of carbonyl (C=O) groups excluding carboxylic acids is 1. The zero-order valence-electron chi connectivity index (χ0n) is 11.9. The highest BCUT2D eigenvalue weighted by atomic mass is 16.3. The van der Waals surface area contributed by atoms with E-state index in [-0.39, 0.29) is 11.7 Å². The molecule has 0 aliphatic rings. The van der Waals surface area contributed by atoms with E-state index in [1.165, 1.54) is 18.9 Å². The van der Waals surface area contributed by atoms with Gasteiger partial charge in [-0.2, -0.15) is 0 Å². The standard InChI is InChI=1S/C17H21NO2/c1-2-3-4-7-10-18-17(20)16-12-14(19)11-13-8-5-6-9-15(13)16/h5-6,8-9,11-12,19H,2-4,7,10H2,1H3,(H,18,20). The van der Waals surface area contributed by atoms with Crippen molar-refractivity contribution in [2.75, 3.05) is 6.54 Å². The van der Waals surface area contributed by atoms with Crippen molar-refractivity contribution in [1.82, 2.24) is 5.32 Å². The Balaban J connectivity index is 2.09. The molecule has 0 aromatic heterocycles. The number of benzene rings is 2. The summed E-state index contributed by atoms with van der Waals surface area (Å²) in [5.74, 6) is 0.00781. The first-order chi connectivity index (χ1) is 9.72. The number of phenolic OH excluding ortho intramolecular Hbond substituents is 1. The van der Waals surface area contributed by atoms with Crippen LogP contribution in [-0.4, -0.2) is 17.6 Å². The van der Waals surface area contributed by atoms with Gasteiger partial charge >= 0.3 is 0 Å². The maximum absolute atomic E-state index is 12.2. The Kier molecular flexibility index (Phi) is 4.99. The predicted molar refractivity (Wildman–Crippen MR) is 82.1 cm³/mol. The minimum Gasteiger partial charge on any atom is -0.508 e. The molecular formula is C17H21NO2. The first-order valence-corrected chi connectivity index (χ1v) is 7.22. The topological polar surface area (TPSA) is 49.3 Å². The van der Waals surface area contributed by atoms with Gasteiger partial charge in [0.2, 0.25) is 0 Å². The molecule has 0 heterocycles. The first-order valence-electron chi connectivity index (χ1n) is 7.22. The Morgan fingerprint density at radius 1 is 1.15 bits per heavy atom. The van der Waals surface area contributed by atoms with E-state index in [9.17, 15) is 9.90 Å². The molecule has 3 heteroatoms. The SMILES string of the molecule is CCCCCCNC(=O)c1cc(O)cc2ccccc12. The van der Waals surface area contributed by atoms with Crippen molar-refractivity contribution >= 4 is 16.7 Å². The summed E-state index contributed by atoms with van der Waals surface area (Å²) in [5.41, 5.74) is 0.538. The van der Waals surface area contributed by atoms with E-state index >= 15 is 0 Å². The van der Waals surface area contributed by atoms with Crippen LogP contribution in [0.1, 0.15) is 43.0 Å². The molecule has 0 saturated heterocycles. The molecular weight excluding hydrogens is 250 g/mol. The van der Waals surface area contributed by atoms with E-state index in [0.29, 0.717) is 12.1 Å². The van der Waals surface area contributed by atoms with Crippen molar-refractivity contribution in [3.8, 4) is 5.75 Å². The molecule has 2 aromatic carbocycles. The smallest absolute Gasteiger partial charge is 0.252 e. The third-order valence-corrected chi connectivity index (χ3v) is 3.41. The fourth-order valence-corrected chi connectivity index (χ4v) is 2.33. The lowest BCUT2D eigenvalue weighted by Crippen LogP contribution is -2.24. The first kappa shape index (κ1) is 14.4. The average molecular weight is 271 g/mol. The number of fused-ring (bicyclic) bond motifs is 1. The lowest BCUT2D eigenvalue weighted by atomic mass is 10.0. The summed E-state index contributed by atoms with van der Waals surface area (Å²) in [5, 5.41) is 14.4. The molecule has 0 saturated carbocycles. The van der Waals surface area contributed by atoms with Crippen LogP contribution in [0.5, 0.6) is 5.75 Å². The van der Waals surface area contributed by atoms with E-state index < -0.39 is 0 Å². The lowest BCUT2D eigenvalue weighted by Gasteiger charge is -2.09. The normalized spacial score (nSPS) is 10.7. The van der Waals surface area contributed by atoms with Gasteiger partial charge in [-0.25, -0.2) is 0 Å². The number of hydrogen-bond acceptors (Lipinski definition) is 2. The Morgan fingerprint density at radius 3 is 2.75 bits per heavy atom. The third-order valence-electron chi connectivity index (χ3n) is 3.41. The highest BCUT2D eigenvalue weighted by Crippen LogP contribution is 2.24. The number of phenols is 1. The molecule has 0 spiro atoms. The summed E-state index contributed by atoms with van der Waals surface area (Å²) in [6.07, 6.45) is 4.52. The average Bonchev–Trinajstić information content (AvgIpc) is 2.46. The zero-order chi connectivity index (χ0) is 14.4. The molecule has 106 valence electrons. The fraction of sp³-hybridized carbons (Fsp3) is 0.353. The van der Waals surface area contributed by atoms with Crippen LogP contribution < -0.4 is 5.32 Å². The summed E-state index contributed by atoms with van der Waals surface area (Å²) in [7, 11) is 0. The summed E-state index contributed by atoms with van der Waals surface area (Å²) in [6.45, 7) is 2.85. The maximum Gasteiger partial charge on any atom is 0.252 e. The van der Waals surface area contributed by atoms with Gasteiger partial charge in [0.25, 0.3) is 5.91 Å². The molecule has 1 amide bonds. The molecule has 0 aliphatic heterocycles. The second-order valence-corrected chi connectivity index (χ2v) is 5.03. The molecule has 0 aliphatic carbocycles. The fourth-order valence-electron chi connectivity index (χ4n) is 2.33. The van der Waals surface area contributed by atoms with Gasteiger partial charge in [-0.05, 0) is 29.3 Å². The second kappa shape index (κ2) is 6.94. The summed E-state index contributed by atoms with van der Waals surface area (Å²) in [4.78, 5) is 12.2. The zero-order valence-corrected chi connectivity index (χ0v) is 11.9. The Morgan fingerprint density at radius 2 is 1.95 bits per heavy atom. The van der Waals surface area contributed by atoms with E-state index in [0.717, 1.165) is 23.6 Å². The number of rotatable bonds is 6. The molecule has 0 radical (unpaired) electrons. The van der Waals surface area contributed by atoms with Crippen molar-refractivity contribution in [3.63, 3.8) is 0 Å². The van der Waals surface area contributed by atoms with Gasteiger partial charge in [0.1, 0.15) is 5.75 Å². The van der Waals surface area contributed by atoms with Gasteiger partial charge in [-0.1, -0.05) is 50.5 Å². The van der Waals surface area contributed by atoms with Gasteiger partial charge in [-0.3, -0.25) is 4.79 Å². The van der Waals surface area contributed by atoms with E-state index in [1.807, 2.05) is 24.3 Å². The van der Waals surface area contributed by atoms with Crippen LogP contribution in [0.2, 0.25) is 0 Å². The van der Waals surface area contributed by atoms with E-state index in [4.69, 9.17) is 0 Å². The number of hydrogen-bond donors (Lipinski definition) is 2. The van der Waals surface area contributed by atoms with Gasteiger partial charge < -0.3 is 10.4 Å². The molecule has 2 rings (SSSR count). The maximum atomic E-state index is 12.2. The minimum absolute atomic E-state index is 0.117. The van der Waals surface area contributed by atoms with Crippen LogP contribution in [0, 0.1) is 0 Å². The molecule has 0 fully saturated rings. The Hall–Kier alpha value is -2.03. The monoisotopic (exact) mass is 271 g/mol. The summed E-state index contributed by atoms with van der Waals surface area (Å²) < 4.78 is 0. The van der Waals surface area contributed by atoms with Crippen molar-refractivity contribution in [1.29, 1.82) is 0 Å². The van der Waals surface area contributed by atoms with Gasteiger partial charge in [0.05, 0.1) is 5.56 Å². The van der Waals surface area contributed by atoms with Crippen LogP contribution in [0.15, 0.2) is 36.4 Å². The van der Waals surface area contributed by atoms with Crippen molar-refractivity contribution in [3.05, 3.63) is 42.0 Å². The summed E-state index contributed by atoms with van der Waals surface area (Å²) in [6, 6.07) is 10.8. The highest BCUT2D eigenvalue weighted by Gasteiger charge is 2.10. The molecule has 3 nitrogen and oxygen atoms in total. The third kappa shape index (κ3) is 3.50. The Bertz CT molecular complexity index is 593. The van der Waals surface area contributed by atoms with Crippen LogP contribution in [-0.2, 0) is 0 Å². The number of amides is 1. The van der Waals surface area contributed by atoms with Gasteiger partial charge in [-0.15, -0.1) is 0 Å². The molecule has 2 N–H and O–H groups in total.